The van der Waals surface area contributed by atoms with Crippen LogP contribution >= 0.6 is 0 Å². The summed E-state index contributed by atoms with van der Waals surface area (Å²) < 4.78 is 0. The lowest BCUT2D eigenvalue weighted by atomic mass is 10.0. The lowest BCUT2D eigenvalue weighted by Crippen LogP contribution is -2.22. The number of rotatable bonds is 6. The van der Waals surface area contributed by atoms with Crippen molar-refractivity contribution in [3.8, 4) is 11.1 Å². The molecule has 0 radical (unpaired) electrons. The van der Waals surface area contributed by atoms with Gasteiger partial charge >= 0.3 is 0 Å². The van der Waals surface area contributed by atoms with E-state index in [9.17, 15) is 4.79 Å². The summed E-state index contributed by atoms with van der Waals surface area (Å²) in [6, 6.07) is 19.0. The molecule has 0 aliphatic heterocycles. The summed E-state index contributed by atoms with van der Waals surface area (Å²) in [6.45, 7) is 2.66. The maximum absolute atomic E-state index is 11.4. The van der Waals surface area contributed by atoms with E-state index in [4.69, 9.17) is 0 Å². The highest BCUT2D eigenvalue weighted by molar-refractivity contribution is 5.75. The molecule has 2 aromatic carbocycles. The van der Waals surface area contributed by atoms with Crippen LogP contribution in [0, 0.1) is 0 Å². The largest absolute Gasteiger partial charge is 0.356 e. The summed E-state index contributed by atoms with van der Waals surface area (Å²) in [7, 11) is 0. The first-order valence-electron chi connectivity index (χ1n) is 7.20. The molecule has 2 nitrogen and oxygen atoms in total. The zero-order valence-corrected chi connectivity index (χ0v) is 11.9. The number of benzene rings is 2. The molecule has 2 heteroatoms. The minimum atomic E-state index is 0.147. The van der Waals surface area contributed by atoms with Gasteiger partial charge in [0.1, 0.15) is 0 Å². The van der Waals surface area contributed by atoms with Crippen molar-refractivity contribution in [1.82, 2.24) is 5.32 Å². The van der Waals surface area contributed by atoms with Gasteiger partial charge in [-0.05, 0) is 36.5 Å². The lowest BCUT2D eigenvalue weighted by Gasteiger charge is -2.05. The molecule has 0 aromatic heterocycles. The van der Waals surface area contributed by atoms with Crippen molar-refractivity contribution >= 4 is 5.91 Å². The number of aryl methyl sites for hydroxylation is 1. The minimum absolute atomic E-state index is 0.147. The molecule has 0 unspecified atom stereocenters. The molecule has 2 rings (SSSR count). The number of carbonyl (C=O) groups excluding carboxylic acids is 1. The molecule has 0 saturated carbocycles. The smallest absolute Gasteiger partial charge is 0.219 e. The van der Waals surface area contributed by atoms with Crippen LogP contribution in [0.25, 0.3) is 11.1 Å². The Morgan fingerprint density at radius 2 is 1.60 bits per heavy atom. The summed E-state index contributed by atoms with van der Waals surface area (Å²) in [4.78, 5) is 11.4. The Bertz CT molecular complexity index is 531. The Hall–Kier alpha value is -2.09. The van der Waals surface area contributed by atoms with Crippen molar-refractivity contribution in [2.45, 2.75) is 26.2 Å². The Balaban J connectivity index is 1.88. The lowest BCUT2D eigenvalue weighted by molar-refractivity contribution is -0.121. The van der Waals surface area contributed by atoms with Crippen LogP contribution in [0.2, 0.25) is 0 Å². The Kier molecular flexibility index (Phi) is 5.36. The third kappa shape index (κ3) is 4.23. The molecule has 0 bridgehead atoms. The van der Waals surface area contributed by atoms with Crippen molar-refractivity contribution < 1.29 is 4.79 Å². The summed E-state index contributed by atoms with van der Waals surface area (Å²) in [5.74, 6) is 0.147. The van der Waals surface area contributed by atoms with Crippen molar-refractivity contribution in [3.63, 3.8) is 0 Å². The Labute approximate surface area is 120 Å². The second kappa shape index (κ2) is 7.49. The maximum atomic E-state index is 11.4. The van der Waals surface area contributed by atoms with Crippen LogP contribution in [0.15, 0.2) is 54.6 Å². The zero-order chi connectivity index (χ0) is 14.2. The summed E-state index contributed by atoms with van der Waals surface area (Å²) in [5.41, 5.74) is 3.76. The molecule has 0 saturated heterocycles. The van der Waals surface area contributed by atoms with E-state index in [2.05, 4.69) is 53.8 Å². The quantitative estimate of drug-likeness (QED) is 0.847. The Morgan fingerprint density at radius 3 is 2.25 bits per heavy atom. The molecule has 1 amide bonds. The molecule has 20 heavy (non-hydrogen) atoms. The molecule has 0 heterocycles. The van der Waals surface area contributed by atoms with Gasteiger partial charge < -0.3 is 5.32 Å². The van der Waals surface area contributed by atoms with Crippen molar-refractivity contribution in [1.29, 1.82) is 0 Å². The third-order valence-electron chi connectivity index (χ3n) is 3.30. The van der Waals surface area contributed by atoms with Gasteiger partial charge in [0.05, 0.1) is 0 Å². The number of carbonyl (C=O) groups is 1. The van der Waals surface area contributed by atoms with Gasteiger partial charge in [0.2, 0.25) is 5.91 Å². The van der Waals surface area contributed by atoms with Crippen LogP contribution in [0.1, 0.15) is 25.3 Å². The standard InChI is InChI=1S/C18H21NO/c1-2-19-18(20)10-6-7-15-11-13-17(14-12-15)16-8-4-3-5-9-16/h3-5,8-9,11-14H,2,6-7,10H2,1H3,(H,19,20). The van der Waals surface area contributed by atoms with Crippen molar-refractivity contribution in [3.05, 3.63) is 60.2 Å². The number of hydrogen-bond acceptors (Lipinski definition) is 1. The van der Waals surface area contributed by atoms with Gasteiger partial charge in [0, 0.05) is 13.0 Å². The highest BCUT2D eigenvalue weighted by Gasteiger charge is 2.01. The fourth-order valence-electron chi connectivity index (χ4n) is 2.23. The third-order valence-corrected chi connectivity index (χ3v) is 3.30. The predicted molar refractivity (Wildman–Crippen MR) is 83.5 cm³/mol. The molecule has 2 aromatic rings. The van der Waals surface area contributed by atoms with E-state index >= 15 is 0 Å². The van der Waals surface area contributed by atoms with Gasteiger partial charge in [-0.1, -0.05) is 54.6 Å². The second-order valence-corrected chi connectivity index (χ2v) is 4.87. The molecule has 0 aliphatic carbocycles. The fourth-order valence-corrected chi connectivity index (χ4v) is 2.23. The van der Waals surface area contributed by atoms with E-state index in [1.807, 2.05) is 13.0 Å². The van der Waals surface area contributed by atoms with Crippen molar-refractivity contribution in [2.24, 2.45) is 0 Å². The molecule has 0 spiro atoms. The minimum Gasteiger partial charge on any atom is -0.356 e. The van der Waals surface area contributed by atoms with Gasteiger partial charge in [0.15, 0.2) is 0 Å². The summed E-state index contributed by atoms with van der Waals surface area (Å²) in [5, 5.41) is 2.82. The first kappa shape index (κ1) is 14.3. The molecular formula is C18H21NO. The summed E-state index contributed by atoms with van der Waals surface area (Å²) >= 11 is 0. The Morgan fingerprint density at radius 1 is 0.950 bits per heavy atom. The van der Waals surface area contributed by atoms with Crippen LogP contribution in [0.5, 0.6) is 0 Å². The predicted octanol–water partition coefficient (Wildman–Crippen LogP) is 3.81. The van der Waals surface area contributed by atoms with Gasteiger partial charge in [-0.15, -0.1) is 0 Å². The SMILES string of the molecule is CCNC(=O)CCCc1ccc(-c2ccccc2)cc1. The van der Waals surface area contributed by atoms with Gasteiger partial charge in [0.25, 0.3) is 0 Å². The average molecular weight is 267 g/mol. The van der Waals surface area contributed by atoms with Crippen LogP contribution in [0.3, 0.4) is 0 Å². The topological polar surface area (TPSA) is 29.1 Å². The van der Waals surface area contributed by atoms with E-state index in [0.717, 1.165) is 12.8 Å². The summed E-state index contributed by atoms with van der Waals surface area (Å²) in [6.07, 6.45) is 2.46. The van der Waals surface area contributed by atoms with E-state index in [1.165, 1.54) is 16.7 Å². The first-order valence-corrected chi connectivity index (χ1v) is 7.20. The molecule has 1 N–H and O–H groups in total. The maximum Gasteiger partial charge on any atom is 0.219 e. The molecule has 0 atom stereocenters. The van der Waals surface area contributed by atoms with Gasteiger partial charge in [-0.3, -0.25) is 4.79 Å². The fraction of sp³-hybridized carbons (Fsp3) is 0.278. The zero-order valence-electron chi connectivity index (χ0n) is 11.9. The van der Waals surface area contributed by atoms with Gasteiger partial charge in [-0.25, -0.2) is 0 Å². The number of hydrogen-bond donors (Lipinski definition) is 1. The van der Waals surface area contributed by atoms with Crippen molar-refractivity contribution in [2.75, 3.05) is 6.54 Å². The van der Waals surface area contributed by atoms with Crippen LogP contribution in [0.4, 0.5) is 0 Å². The molecule has 104 valence electrons. The van der Waals surface area contributed by atoms with Gasteiger partial charge in [-0.2, -0.15) is 0 Å². The van der Waals surface area contributed by atoms with Crippen LogP contribution in [-0.4, -0.2) is 12.5 Å². The van der Waals surface area contributed by atoms with Crippen LogP contribution < -0.4 is 5.32 Å². The first-order chi connectivity index (χ1) is 9.79. The van der Waals surface area contributed by atoms with E-state index in [1.54, 1.807) is 0 Å². The number of nitrogens with one attached hydrogen (secondary N) is 1. The molecule has 0 aliphatic rings. The molecule has 0 fully saturated rings. The number of amides is 1. The average Bonchev–Trinajstić information content (AvgIpc) is 2.49. The van der Waals surface area contributed by atoms with E-state index in [-0.39, 0.29) is 5.91 Å². The highest BCUT2D eigenvalue weighted by atomic mass is 16.1. The monoisotopic (exact) mass is 267 g/mol. The highest BCUT2D eigenvalue weighted by Crippen LogP contribution is 2.19. The van der Waals surface area contributed by atoms with E-state index < -0.39 is 0 Å². The van der Waals surface area contributed by atoms with Crippen LogP contribution in [-0.2, 0) is 11.2 Å². The second-order valence-electron chi connectivity index (χ2n) is 4.87. The normalized spacial score (nSPS) is 10.2. The van der Waals surface area contributed by atoms with E-state index in [0.29, 0.717) is 13.0 Å². The molecular weight excluding hydrogens is 246 g/mol.